The van der Waals surface area contributed by atoms with E-state index in [0.29, 0.717) is 0 Å². The van der Waals surface area contributed by atoms with Crippen LogP contribution in [0.3, 0.4) is 0 Å². The molecular formula is C11H21OY-. The van der Waals surface area contributed by atoms with E-state index < -0.39 is 0 Å². The summed E-state index contributed by atoms with van der Waals surface area (Å²) < 4.78 is 5.85. The summed E-state index contributed by atoms with van der Waals surface area (Å²) >= 11 is 0. The van der Waals surface area contributed by atoms with Gasteiger partial charge in [-0.25, -0.2) is 0 Å². The zero-order valence-corrected chi connectivity index (χ0v) is 11.9. The van der Waals surface area contributed by atoms with Crippen LogP contribution in [0.5, 0.6) is 0 Å². The van der Waals surface area contributed by atoms with E-state index in [4.69, 9.17) is 4.74 Å². The molecule has 1 nitrogen and oxygen atoms in total. The number of ether oxygens (including phenoxy) is 1. The van der Waals surface area contributed by atoms with E-state index in [2.05, 4.69) is 20.8 Å². The average molecular weight is 258 g/mol. The van der Waals surface area contributed by atoms with Gasteiger partial charge in [0, 0.05) is 39.3 Å². The maximum Gasteiger partial charge on any atom is 0.0661 e. The fourth-order valence-corrected chi connectivity index (χ4v) is 2.28. The monoisotopic (exact) mass is 258 g/mol. The van der Waals surface area contributed by atoms with Crippen molar-refractivity contribution in [2.24, 2.45) is 5.92 Å². The first-order valence-corrected chi connectivity index (χ1v) is 5.12. The summed E-state index contributed by atoms with van der Waals surface area (Å²) in [6.45, 7) is 9.43. The van der Waals surface area contributed by atoms with Gasteiger partial charge in [0.05, 0.1) is 5.60 Å². The molecule has 2 heteroatoms. The second-order valence-electron chi connectivity index (χ2n) is 4.34. The minimum atomic E-state index is 0. The summed E-state index contributed by atoms with van der Waals surface area (Å²) in [7, 11) is 0. The van der Waals surface area contributed by atoms with Gasteiger partial charge in [-0.1, -0.05) is 20.3 Å². The van der Waals surface area contributed by atoms with Gasteiger partial charge >= 0.3 is 0 Å². The molecule has 0 bridgehead atoms. The van der Waals surface area contributed by atoms with E-state index >= 15 is 0 Å². The Hall–Kier alpha value is 1.06. The molecule has 0 aromatic heterocycles. The maximum absolute atomic E-state index is 5.85. The molecule has 1 rings (SSSR count). The molecule has 0 aliphatic carbocycles. The molecule has 1 fully saturated rings. The Balaban J connectivity index is 0.00000144. The van der Waals surface area contributed by atoms with E-state index in [1.165, 1.54) is 19.3 Å². The molecule has 0 N–H and O–H groups in total. The van der Waals surface area contributed by atoms with E-state index in [1.807, 2.05) is 0 Å². The third-order valence-electron chi connectivity index (χ3n) is 2.60. The molecule has 0 amide bonds. The largest absolute Gasteiger partial charge is 0.375 e. The first-order valence-electron chi connectivity index (χ1n) is 5.12. The zero-order valence-electron chi connectivity index (χ0n) is 9.01. The molecule has 1 aliphatic heterocycles. The molecule has 1 aliphatic rings. The van der Waals surface area contributed by atoms with Gasteiger partial charge in [-0.3, -0.25) is 0 Å². The number of hydrogen-bond acceptors (Lipinski definition) is 1. The third kappa shape index (κ3) is 4.40. The van der Waals surface area contributed by atoms with Gasteiger partial charge in [-0.15, -0.1) is 0 Å². The maximum atomic E-state index is 5.85. The summed E-state index contributed by atoms with van der Waals surface area (Å²) in [5.74, 6) is 0.745. The van der Waals surface area contributed by atoms with Crippen LogP contribution >= 0.6 is 0 Å². The van der Waals surface area contributed by atoms with Crippen molar-refractivity contribution in [3.63, 3.8) is 0 Å². The molecular weight excluding hydrogens is 237 g/mol. The van der Waals surface area contributed by atoms with Crippen LogP contribution in [-0.4, -0.2) is 12.2 Å². The van der Waals surface area contributed by atoms with Gasteiger partial charge in [-0.05, 0) is 25.2 Å². The van der Waals surface area contributed by atoms with Crippen LogP contribution in [0.2, 0.25) is 0 Å². The van der Waals surface area contributed by atoms with Crippen molar-refractivity contribution in [2.45, 2.75) is 51.6 Å². The summed E-state index contributed by atoms with van der Waals surface area (Å²) in [5.41, 5.74) is 0.204. The Morgan fingerprint density at radius 1 is 1.46 bits per heavy atom. The molecule has 1 unspecified atom stereocenters. The predicted octanol–water partition coefficient (Wildman–Crippen LogP) is 3.19. The van der Waals surface area contributed by atoms with Crippen molar-refractivity contribution in [2.75, 3.05) is 6.61 Å². The van der Waals surface area contributed by atoms with Crippen molar-refractivity contribution in [1.29, 1.82) is 0 Å². The second-order valence-corrected chi connectivity index (χ2v) is 4.34. The first kappa shape index (κ1) is 14.1. The van der Waals surface area contributed by atoms with Gasteiger partial charge in [0.15, 0.2) is 0 Å². The minimum absolute atomic E-state index is 0. The fourth-order valence-electron chi connectivity index (χ4n) is 2.28. The van der Waals surface area contributed by atoms with E-state index in [9.17, 15) is 0 Å². The second kappa shape index (κ2) is 6.53. The van der Waals surface area contributed by atoms with Crippen LogP contribution in [0, 0.1) is 12.8 Å². The molecule has 13 heavy (non-hydrogen) atoms. The summed E-state index contributed by atoms with van der Waals surface area (Å²) in [6, 6.07) is 0. The third-order valence-corrected chi connectivity index (χ3v) is 2.60. The van der Waals surface area contributed by atoms with Gasteiger partial charge in [-0.2, -0.15) is 6.42 Å². The topological polar surface area (TPSA) is 9.23 Å². The van der Waals surface area contributed by atoms with Crippen LogP contribution in [0.15, 0.2) is 0 Å². The van der Waals surface area contributed by atoms with Gasteiger partial charge in [0.25, 0.3) is 0 Å². The Kier molecular flexibility index (Phi) is 7.06. The van der Waals surface area contributed by atoms with Crippen molar-refractivity contribution in [3.8, 4) is 0 Å². The van der Waals surface area contributed by atoms with Crippen LogP contribution < -0.4 is 0 Å². The van der Waals surface area contributed by atoms with Crippen LogP contribution in [0.4, 0.5) is 0 Å². The molecule has 1 atom stereocenters. The number of hydrogen-bond donors (Lipinski definition) is 0. The molecule has 0 aromatic carbocycles. The Morgan fingerprint density at radius 2 is 2.15 bits per heavy atom. The average Bonchev–Trinajstić information content (AvgIpc) is 2.36. The summed E-state index contributed by atoms with van der Waals surface area (Å²) in [5, 5.41) is 0. The van der Waals surface area contributed by atoms with Crippen molar-refractivity contribution >= 4 is 0 Å². The van der Waals surface area contributed by atoms with Crippen molar-refractivity contribution in [3.05, 3.63) is 6.92 Å². The normalized spacial score (nSPS) is 27.7. The molecule has 75 valence electrons. The Bertz CT molecular complexity index is 128. The fraction of sp³-hybridized carbons (Fsp3) is 0.909. The predicted molar refractivity (Wildman–Crippen MR) is 52.0 cm³/mol. The van der Waals surface area contributed by atoms with E-state index in [-0.39, 0.29) is 38.3 Å². The smallest absolute Gasteiger partial charge is 0.0661 e. The minimum Gasteiger partial charge on any atom is -0.375 e. The van der Waals surface area contributed by atoms with E-state index in [1.54, 1.807) is 0 Å². The SMILES string of the molecule is [CH2-]CCC1(CC(C)C)CCCO1.[Y]. The Labute approximate surface area is 108 Å². The summed E-state index contributed by atoms with van der Waals surface area (Å²) in [4.78, 5) is 0. The van der Waals surface area contributed by atoms with Gasteiger partial charge < -0.3 is 11.7 Å². The quantitative estimate of drug-likeness (QED) is 0.704. The van der Waals surface area contributed by atoms with E-state index in [0.717, 1.165) is 25.4 Å². The molecule has 1 saturated heterocycles. The van der Waals surface area contributed by atoms with Crippen LogP contribution in [-0.2, 0) is 37.4 Å². The number of rotatable bonds is 4. The molecule has 0 spiro atoms. The van der Waals surface area contributed by atoms with Gasteiger partial charge in [0.2, 0.25) is 0 Å². The molecule has 1 heterocycles. The van der Waals surface area contributed by atoms with Gasteiger partial charge in [0.1, 0.15) is 0 Å². The standard InChI is InChI=1S/C11H21O.Y/c1-4-6-11(9-10(2)3)7-5-8-12-11;/h10H,1,4-9H2,2-3H3;/q-1;. The molecule has 0 aromatic rings. The summed E-state index contributed by atoms with van der Waals surface area (Å²) in [6.07, 6.45) is 5.86. The van der Waals surface area contributed by atoms with Crippen LogP contribution in [0.25, 0.3) is 0 Å². The van der Waals surface area contributed by atoms with Crippen molar-refractivity contribution in [1.82, 2.24) is 0 Å². The Morgan fingerprint density at radius 3 is 2.54 bits per heavy atom. The zero-order chi connectivity index (χ0) is 9.03. The van der Waals surface area contributed by atoms with Crippen molar-refractivity contribution < 1.29 is 37.4 Å². The van der Waals surface area contributed by atoms with Crippen LogP contribution in [0.1, 0.15) is 46.0 Å². The molecule has 1 radical (unpaired) electrons. The molecule has 0 saturated carbocycles. The first-order chi connectivity index (χ1) is 5.68.